The van der Waals surface area contributed by atoms with E-state index in [-0.39, 0.29) is 32.6 Å². The molecule has 0 radical (unpaired) electrons. The number of ether oxygens (including phenoxy) is 2. The van der Waals surface area contributed by atoms with E-state index >= 15 is 0 Å². The first-order chi connectivity index (χ1) is 16.5. The largest absolute Gasteiger partial charge is 0.464 e. The molecule has 0 aliphatic carbocycles. The van der Waals surface area contributed by atoms with Gasteiger partial charge in [-0.2, -0.15) is 0 Å². The van der Waals surface area contributed by atoms with Crippen molar-refractivity contribution in [2.75, 3.05) is 19.8 Å². The van der Waals surface area contributed by atoms with Crippen molar-refractivity contribution in [2.24, 2.45) is 5.11 Å². The van der Waals surface area contributed by atoms with Crippen molar-refractivity contribution in [3.05, 3.63) is 82.2 Å². The predicted octanol–water partition coefficient (Wildman–Crippen LogP) is 2.54. The third kappa shape index (κ3) is 9.34. The highest BCUT2D eigenvalue weighted by molar-refractivity contribution is 5.90. The normalized spacial score (nSPS) is 11.6. The van der Waals surface area contributed by atoms with Gasteiger partial charge in [-0.1, -0.05) is 71.7 Å². The molecule has 0 heterocycles. The van der Waals surface area contributed by atoms with Gasteiger partial charge < -0.3 is 20.1 Å². The highest BCUT2D eigenvalue weighted by atomic mass is 16.5. The molecule has 10 heteroatoms. The second kappa shape index (κ2) is 14.6. The third-order valence-electron chi connectivity index (χ3n) is 4.56. The van der Waals surface area contributed by atoms with Crippen molar-refractivity contribution in [3.8, 4) is 12.3 Å². The number of amides is 2. The molecule has 0 bridgehead atoms. The maximum atomic E-state index is 13.1. The van der Waals surface area contributed by atoms with E-state index in [1.54, 1.807) is 24.3 Å². The van der Waals surface area contributed by atoms with Crippen molar-refractivity contribution >= 4 is 18.0 Å². The zero-order valence-electron chi connectivity index (χ0n) is 18.4. The van der Waals surface area contributed by atoms with Crippen molar-refractivity contribution < 1.29 is 23.9 Å². The van der Waals surface area contributed by atoms with E-state index in [9.17, 15) is 14.4 Å². The maximum Gasteiger partial charge on any atom is 0.408 e. The van der Waals surface area contributed by atoms with Gasteiger partial charge in [-0.05, 0) is 16.7 Å². The van der Waals surface area contributed by atoms with Gasteiger partial charge in [-0.15, -0.1) is 6.42 Å². The minimum atomic E-state index is -1.04. The Morgan fingerprint density at radius 1 is 0.941 bits per heavy atom. The van der Waals surface area contributed by atoms with Gasteiger partial charge in [-0.3, -0.25) is 4.79 Å². The van der Waals surface area contributed by atoms with Crippen LogP contribution >= 0.6 is 0 Å². The number of alkyl carbamates (subject to hydrolysis) is 1. The Labute approximate surface area is 197 Å². The van der Waals surface area contributed by atoms with Gasteiger partial charge in [-0.25, -0.2) is 9.59 Å². The second-order valence-electron chi connectivity index (χ2n) is 7.04. The molecule has 0 aliphatic heterocycles. The van der Waals surface area contributed by atoms with Crippen LogP contribution in [-0.4, -0.2) is 49.8 Å². The van der Waals surface area contributed by atoms with E-state index in [0.717, 1.165) is 11.1 Å². The number of azide groups is 1. The smallest absolute Gasteiger partial charge is 0.408 e. The lowest BCUT2D eigenvalue weighted by atomic mass is 10.0. The van der Waals surface area contributed by atoms with Gasteiger partial charge in [0.05, 0.1) is 13.2 Å². The van der Waals surface area contributed by atoms with Crippen LogP contribution in [0, 0.1) is 12.3 Å². The van der Waals surface area contributed by atoms with Gasteiger partial charge >= 0.3 is 12.1 Å². The number of nitrogens with zero attached hydrogens (tertiary/aromatic N) is 3. The zero-order chi connectivity index (χ0) is 24.6. The molecule has 34 heavy (non-hydrogen) atoms. The average Bonchev–Trinajstić information content (AvgIpc) is 2.85. The first-order valence-electron chi connectivity index (χ1n) is 10.5. The lowest BCUT2D eigenvalue weighted by Gasteiger charge is -2.22. The average molecular weight is 463 g/mol. The Hall–Kier alpha value is -4.48. The topological polar surface area (TPSA) is 142 Å². The number of terminal acetylenes is 1. The molecule has 10 nitrogen and oxygen atoms in total. The summed E-state index contributed by atoms with van der Waals surface area (Å²) in [4.78, 5) is 40.5. The molecule has 2 aromatic carbocycles. The lowest BCUT2D eigenvalue weighted by Crippen LogP contribution is -2.53. The van der Waals surface area contributed by atoms with Crippen molar-refractivity contribution in [3.63, 3.8) is 0 Å². The van der Waals surface area contributed by atoms with Crippen molar-refractivity contribution in [1.82, 2.24) is 10.6 Å². The molecular weight excluding hydrogens is 438 g/mol. The van der Waals surface area contributed by atoms with Crippen LogP contribution in [0.5, 0.6) is 0 Å². The number of benzene rings is 2. The molecule has 0 fully saturated rings. The van der Waals surface area contributed by atoms with Gasteiger partial charge in [0, 0.05) is 17.8 Å². The number of nitrogens with one attached hydrogen (secondary N) is 2. The highest BCUT2D eigenvalue weighted by Gasteiger charge is 2.28. The molecule has 2 atom stereocenters. The van der Waals surface area contributed by atoms with E-state index in [1.807, 2.05) is 36.4 Å². The van der Waals surface area contributed by atoms with Gasteiger partial charge in [0.25, 0.3) is 0 Å². The maximum absolute atomic E-state index is 13.1. The van der Waals surface area contributed by atoms with Crippen LogP contribution in [0.3, 0.4) is 0 Å². The summed E-state index contributed by atoms with van der Waals surface area (Å²) in [7, 11) is 0. The monoisotopic (exact) mass is 463 g/mol. The number of hydrogen-bond donors (Lipinski definition) is 2. The summed E-state index contributed by atoms with van der Waals surface area (Å²) in [6, 6.07) is 16.0. The molecule has 0 aromatic heterocycles. The van der Waals surface area contributed by atoms with Crippen LogP contribution in [0.15, 0.2) is 65.8 Å². The molecule has 0 aliphatic rings. The molecule has 2 aromatic rings. The van der Waals surface area contributed by atoms with Crippen LogP contribution in [0.1, 0.15) is 11.1 Å². The Balaban J connectivity index is 2.17. The van der Waals surface area contributed by atoms with Crippen LogP contribution in [0.25, 0.3) is 10.4 Å². The van der Waals surface area contributed by atoms with Crippen molar-refractivity contribution in [2.45, 2.75) is 24.9 Å². The minimum absolute atomic E-state index is 0.0343. The number of carbonyl (C=O) groups excluding carboxylic acids is 3. The molecule has 2 rings (SSSR count). The number of esters is 1. The van der Waals surface area contributed by atoms with E-state index < -0.39 is 30.1 Å². The molecular formula is C24H25N5O5. The summed E-state index contributed by atoms with van der Waals surface area (Å²) in [5.74, 6) is 0.881. The SMILES string of the molecule is C#CCOC(=O)N[C@@H](Cc1ccccc1)C(=O)N[C@@H](Cc1ccccc1)C(=O)OCCN=[N+]=[N-]. The minimum Gasteiger partial charge on any atom is -0.464 e. The highest BCUT2D eigenvalue weighted by Crippen LogP contribution is 2.08. The Kier molecular flexibility index (Phi) is 11.0. The Morgan fingerprint density at radius 3 is 2.09 bits per heavy atom. The second-order valence-corrected chi connectivity index (χ2v) is 7.04. The first-order valence-corrected chi connectivity index (χ1v) is 10.5. The number of hydrogen-bond acceptors (Lipinski definition) is 6. The standard InChI is InChI=1S/C24H25N5O5/c1-2-14-34-24(32)28-20(16-18-9-5-3-6-10-18)22(30)27-21(17-19-11-7-4-8-12-19)23(31)33-15-13-26-29-25/h1,3-12,20-21H,13-17H2,(H,27,30)(H,28,32)/t20-,21-/m0/s1. The fourth-order valence-corrected chi connectivity index (χ4v) is 3.00. The summed E-state index contributed by atoms with van der Waals surface area (Å²) >= 11 is 0. The van der Waals surface area contributed by atoms with Gasteiger partial charge in [0.15, 0.2) is 6.61 Å². The van der Waals surface area contributed by atoms with E-state index in [0.29, 0.717) is 0 Å². The van der Waals surface area contributed by atoms with Gasteiger partial charge in [0.1, 0.15) is 12.1 Å². The fourth-order valence-electron chi connectivity index (χ4n) is 3.00. The molecule has 176 valence electrons. The summed E-state index contributed by atoms with van der Waals surface area (Å²) in [5.41, 5.74) is 9.95. The lowest BCUT2D eigenvalue weighted by molar-refractivity contribution is -0.147. The third-order valence-corrected chi connectivity index (χ3v) is 4.56. The molecule has 0 saturated heterocycles. The van der Waals surface area contributed by atoms with Crippen LogP contribution in [0.2, 0.25) is 0 Å². The number of carbonyl (C=O) groups is 3. The Bertz CT molecular complexity index is 1030. The zero-order valence-corrected chi connectivity index (χ0v) is 18.4. The van der Waals surface area contributed by atoms with Crippen LogP contribution in [-0.2, 0) is 31.9 Å². The Morgan fingerprint density at radius 2 is 1.53 bits per heavy atom. The summed E-state index contributed by atoms with van der Waals surface area (Å²) < 4.78 is 10.00. The van der Waals surface area contributed by atoms with E-state index in [2.05, 4.69) is 26.6 Å². The fraction of sp³-hybridized carbons (Fsp3) is 0.292. The summed E-state index contributed by atoms with van der Waals surface area (Å²) in [6.07, 6.45) is 4.57. The van der Waals surface area contributed by atoms with Crippen LogP contribution in [0.4, 0.5) is 4.79 Å². The predicted molar refractivity (Wildman–Crippen MR) is 124 cm³/mol. The molecule has 2 N–H and O–H groups in total. The summed E-state index contributed by atoms with van der Waals surface area (Å²) in [6.45, 7) is -0.415. The van der Waals surface area contributed by atoms with Crippen LogP contribution < -0.4 is 10.6 Å². The molecule has 0 unspecified atom stereocenters. The number of rotatable bonds is 12. The van der Waals surface area contributed by atoms with Crippen molar-refractivity contribution in [1.29, 1.82) is 0 Å². The molecule has 0 spiro atoms. The first kappa shape index (κ1) is 25.8. The van der Waals surface area contributed by atoms with E-state index in [4.69, 9.17) is 21.4 Å². The quantitative estimate of drug-likeness (QED) is 0.124. The van der Waals surface area contributed by atoms with Gasteiger partial charge in [0.2, 0.25) is 5.91 Å². The molecule has 2 amide bonds. The summed E-state index contributed by atoms with van der Waals surface area (Å²) in [5, 5.41) is 8.47. The van der Waals surface area contributed by atoms with E-state index in [1.165, 1.54) is 0 Å². The molecule has 0 saturated carbocycles.